The van der Waals surface area contributed by atoms with Gasteiger partial charge in [0.1, 0.15) is 0 Å². The molecule has 2 unspecified atom stereocenters. The third-order valence-electron chi connectivity index (χ3n) is 4.25. The molecule has 2 aromatic rings. The van der Waals surface area contributed by atoms with E-state index in [9.17, 15) is 9.59 Å². The number of carbonyl (C=O) groups excluding carboxylic acids is 1. The van der Waals surface area contributed by atoms with Gasteiger partial charge >= 0.3 is 5.97 Å². The van der Waals surface area contributed by atoms with E-state index in [1.165, 1.54) is 0 Å². The van der Waals surface area contributed by atoms with Crippen LogP contribution in [-0.2, 0) is 20.9 Å². The van der Waals surface area contributed by atoms with Crippen molar-refractivity contribution in [3.63, 3.8) is 0 Å². The number of pyridine rings is 1. The van der Waals surface area contributed by atoms with Gasteiger partial charge in [-0.25, -0.2) is 0 Å². The molecule has 1 amide bonds. The van der Waals surface area contributed by atoms with Gasteiger partial charge in [0.2, 0.25) is 5.91 Å². The first-order chi connectivity index (χ1) is 11.5. The molecular formula is C16H20N4O4. The molecule has 0 spiro atoms. The fourth-order valence-corrected chi connectivity index (χ4v) is 2.96. The molecule has 8 heteroatoms. The van der Waals surface area contributed by atoms with Crippen molar-refractivity contribution in [3.05, 3.63) is 30.2 Å². The predicted molar refractivity (Wildman–Crippen MR) is 84.2 cm³/mol. The number of hydrogen-bond acceptors (Lipinski definition) is 5. The van der Waals surface area contributed by atoms with Gasteiger partial charge in [0, 0.05) is 19.7 Å². The Morgan fingerprint density at radius 3 is 3.04 bits per heavy atom. The van der Waals surface area contributed by atoms with Crippen LogP contribution in [0.5, 0.6) is 0 Å². The molecule has 3 rings (SSSR count). The maximum Gasteiger partial charge on any atom is 0.303 e. The largest absolute Gasteiger partial charge is 0.481 e. The number of carboxylic acid groups (broad SMARTS) is 1. The fraction of sp³-hybridized carbons (Fsp3) is 0.500. The van der Waals surface area contributed by atoms with Crippen LogP contribution in [0.3, 0.4) is 0 Å². The predicted octanol–water partition coefficient (Wildman–Crippen LogP) is 0.958. The quantitative estimate of drug-likeness (QED) is 0.846. The van der Waals surface area contributed by atoms with Gasteiger partial charge in [-0.1, -0.05) is 6.07 Å². The van der Waals surface area contributed by atoms with Crippen LogP contribution in [0, 0.1) is 5.92 Å². The summed E-state index contributed by atoms with van der Waals surface area (Å²) in [5, 5.41) is 16.9. The molecule has 3 heterocycles. The standard InChI is InChI=1S/C16H20N4O4/c1-19(9-14-18-17-13-4-2-3-7-20(13)14)16(23)11-8-12(24-10-11)5-6-15(21)22/h2-4,7,11-12H,5-6,8-10H2,1H3,(H,21,22). The van der Waals surface area contributed by atoms with Gasteiger partial charge in [0.05, 0.1) is 25.2 Å². The average molecular weight is 332 g/mol. The molecule has 1 aliphatic heterocycles. The minimum Gasteiger partial charge on any atom is -0.481 e. The van der Waals surface area contributed by atoms with Gasteiger partial charge in [-0.05, 0) is 25.0 Å². The van der Waals surface area contributed by atoms with Crippen LogP contribution in [0.4, 0.5) is 0 Å². The molecular weight excluding hydrogens is 312 g/mol. The van der Waals surface area contributed by atoms with E-state index in [1.807, 2.05) is 28.8 Å². The molecule has 2 aromatic heterocycles. The summed E-state index contributed by atoms with van der Waals surface area (Å²) in [5.74, 6) is -0.388. The summed E-state index contributed by atoms with van der Waals surface area (Å²) < 4.78 is 7.40. The smallest absolute Gasteiger partial charge is 0.303 e. The Bertz CT molecular complexity index is 745. The lowest BCUT2D eigenvalue weighted by Gasteiger charge is -2.19. The van der Waals surface area contributed by atoms with Gasteiger partial charge in [-0.3, -0.25) is 14.0 Å². The maximum absolute atomic E-state index is 12.6. The summed E-state index contributed by atoms with van der Waals surface area (Å²) in [6, 6.07) is 5.63. The Morgan fingerprint density at radius 1 is 1.42 bits per heavy atom. The van der Waals surface area contributed by atoms with Gasteiger partial charge in [0.15, 0.2) is 11.5 Å². The molecule has 0 aliphatic carbocycles. The van der Waals surface area contributed by atoms with Crippen molar-refractivity contribution in [1.82, 2.24) is 19.5 Å². The van der Waals surface area contributed by atoms with Crippen molar-refractivity contribution in [3.8, 4) is 0 Å². The highest BCUT2D eigenvalue weighted by Gasteiger charge is 2.33. The first-order valence-electron chi connectivity index (χ1n) is 7.91. The second-order valence-corrected chi connectivity index (χ2v) is 6.06. The molecule has 1 saturated heterocycles. The van der Waals surface area contributed by atoms with Crippen molar-refractivity contribution in [1.29, 1.82) is 0 Å². The Labute approximate surface area is 139 Å². The minimum absolute atomic E-state index is 0.0134. The SMILES string of the molecule is CN(Cc1nnc2ccccn12)C(=O)C1COC(CCC(=O)O)C1. The number of aromatic nitrogens is 3. The topological polar surface area (TPSA) is 97.0 Å². The number of aliphatic carboxylic acids is 1. The Hall–Kier alpha value is -2.48. The summed E-state index contributed by atoms with van der Waals surface area (Å²) >= 11 is 0. The molecule has 1 aliphatic rings. The fourth-order valence-electron chi connectivity index (χ4n) is 2.96. The highest BCUT2D eigenvalue weighted by Crippen LogP contribution is 2.25. The zero-order valence-electron chi connectivity index (χ0n) is 13.5. The summed E-state index contributed by atoms with van der Waals surface area (Å²) in [6.45, 7) is 0.703. The molecule has 1 N–H and O–H groups in total. The summed E-state index contributed by atoms with van der Waals surface area (Å²) in [5.41, 5.74) is 0.742. The number of ether oxygens (including phenoxy) is 1. The van der Waals surface area contributed by atoms with E-state index < -0.39 is 5.97 Å². The molecule has 2 atom stereocenters. The van der Waals surface area contributed by atoms with Gasteiger partial charge in [0.25, 0.3) is 0 Å². The lowest BCUT2D eigenvalue weighted by molar-refractivity contribution is -0.137. The molecule has 0 aromatic carbocycles. The van der Waals surface area contributed by atoms with Crippen LogP contribution < -0.4 is 0 Å². The van der Waals surface area contributed by atoms with E-state index in [0.29, 0.717) is 31.8 Å². The Balaban J connectivity index is 1.58. The zero-order valence-corrected chi connectivity index (χ0v) is 13.5. The van der Waals surface area contributed by atoms with Crippen molar-refractivity contribution < 1.29 is 19.4 Å². The van der Waals surface area contributed by atoms with Crippen molar-refractivity contribution >= 4 is 17.5 Å². The molecule has 8 nitrogen and oxygen atoms in total. The first-order valence-corrected chi connectivity index (χ1v) is 7.91. The summed E-state index contributed by atoms with van der Waals surface area (Å²) in [6.07, 6.45) is 2.78. The number of nitrogens with zero attached hydrogens (tertiary/aromatic N) is 4. The lowest BCUT2D eigenvalue weighted by Crippen LogP contribution is -2.33. The Morgan fingerprint density at radius 2 is 2.25 bits per heavy atom. The van der Waals surface area contributed by atoms with Crippen molar-refractivity contribution in [2.24, 2.45) is 5.92 Å². The van der Waals surface area contributed by atoms with Gasteiger partial charge < -0.3 is 14.7 Å². The van der Waals surface area contributed by atoms with Crippen LogP contribution in [0.1, 0.15) is 25.1 Å². The number of fused-ring (bicyclic) bond motifs is 1. The van der Waals surface area contributed by atoms with Gasteiger partial charge in [-0.2, -0.15) is 0 Å². The Kier molecular flexibility index (Phi) is 4.75. The number of carboxylic acids is 1. The second kappa shape index (κ2) is 6.96. The van der Waals surface area contributed by atoms with E-state index in [4.69, 9.17) is 9.84 Å². The minimum atomic E-state index is -0.843. The van der Waals surface area contributed by atoms with E-state index in [1.54, 1.807) is 11.9 Å². The second-order valence-electron chi connectivity index (χ2n) is 6.06. The highest BCUT2D eigenvalue weighted by atomic mass is 16.5. The summed E-state index contributed by atoms with van der Waals surface area (Å²) in [7, 11) is 1.73. The number of carbonyl (C=O) groups is 2. The van der Waals surface area contributed by atoms with Crippen LogP contribution in [0.15, 0.2) is 24.4 Å². The zero-order chi connectivity index (χ0) is 17.1. The molecule has 0 radical (unpaired) electrons. The third-order valence-corrected chi connectivity index (χ3v) is 4.25. The third kappa shape index (κ3) is 3.53. The lowest BCUT2D eigenvalue weighted by atomic mass is 10.0. The highest BCUT2D eigenvalue weighted by molar-refractivity contribution is 5.79. The number of hydrogen-bond donors (Lipinski definition) is 1. The molecule has 0 saturated carbocycles. The number of rotatable bonds is 6. The number of amides is 1. The van der Waals surface area contributed by atoms with E-state index in [0.717, 1.165) is 5.65 Å². The van der Waals surface area contributed by atoms with Crippen molar-refractivity contribution in [2.75, 3.05) is 13.7 Å². The average Bonchev–Trinajstić information content (AvgIpc) is 3.20. The first kappa shape index (κ1) is 16.4. The van der Waals surface area contributed by atoms with Crippen LogP contribution in [0.2, 0.25) is 0 Å². The van der Waals surface area contributed by atoms with E-state index in [2.05, 4.69) is 10.2 Å². The van der Waals surface area contributed by atoms with Crippen molar-refractivity contribution in [2.45, 2.75) is 31.9 Å². The van der Waals surface area contributed by atoms with Gasteiger partial charge in [-0.15, -0.1) is 10.2 Å². The summed E-state index contributed by atoms with van der Waals surface area (Å²) in [4.78, 5) is 24.8. The molecule has 1 fully saturated rings. The van der Waals surface area contributed by atoms with E-state index in [-0.39, 0.29) is 24.3 Å². The molecule has 24 heavy (non-hydrogen) atoms. The van der Waals surface area contributed by atoms with E-state index >= 15 is 0 Å². The van der Waals surface area contributed by atoms with Crippen LogP contribution in [0.25, 0.3) is 5.65 Å². The maximum atomic E-state index is 12.6. The monoisotopic (exact) mass is 332 g/mol. The van der Waals surface area contributed by atoms with Crippen LogP contribution >= 0.6 is 0 Å². The molecule has 128 valence electrons. The van der Waals surface area contributed by atoms with Crippen LogP contribution in [-0.4, -0.2) is 56.2 Å². The normalized spacial score (nSPS) is 20.4. The molecule has 0 bridgehead atoms.